The fourth-order valence-corrected chi connectivity index (χ4v) is 9.14. The van der Waals surface area contributed by atoms with Crippen molar-refractivity contribution in [3.8, 4) is 0 Å². The molecule has 3 nitrogen and oxygen atoms in total. The first-order valence-corrected chi connectivity index (χ1v) is 10.9. The lowest BCUT2D eigenvalue weighted by atomic mass is 9.49. The molecule has 5 saturated carbocycles. The Hall–Kier alpha value is -1.09. The Balaban J connectivity index is 1.31. The highest BCUT2D eigenvalue weighted by Gasteiger charge is 2.78. The average Bonchev–Trinajstić information content (AvgIpc) is 3.57. The number of hydrogen-bond donors (Lipinski definition) is 1. The maximum Gasteiger partial charge on any atom is 0.0954 e. The normalized spacial score (nSPS) is 62.2. The van der Waals surface area contributed by atoms with Gasteiger partial charge in [0.25, 0.3) is 0 Å². The molecular weight excluding hydrogens is 322 g/mol. The second-order valence-corrected chi connectivity index (χ2v) is 10.6. The van der Waals surface area contributed by atoms with E-state index in [1.54, 1.807) is 5.57 Å². The SMILES string of the molecule is C[C@]12CCC3C(C4CC4C4=CC(=NO)CC[C@@H]43)C1C1CC1[C@@]21C=CCO1. The van der Waals surface area contributed by atoms with E-state index in [2.05, 4.69) is 30.3 Å². The number of oxime groups is 1. The lowest BCUT2D eigenvalue weighted by Crippen LogP contribution is -2.55. The van der Waals surface area contributed by atoms with E-state index < -0.39 is 0 Å². The van der Waals surface area contributed by atoms with Gasteiger partial charge in [-0.3, -0.25) is 0 Å². The molecule has 0 bridgehead atoms. The molecule has 138 valence electrons. The molecule has 7 aliphatic rings. The van der Waals surface area contributed by atoms with Gasteiger partial charge in [0, 0.05) is 5.41 Å². The van der Waals surface area contributed by atoms with Crippen molar-refractivity contribution in [1.29, 1.82) is 0 Å². The van der Waals surface area contributed by atoms with Gasteiger partial charge in [0.15, 0.2) is 0 Å². The number of nitrogens with zero attached hydrogens (tertiary/aromatic N) is 1. The minimum absolute atomic E-state index is 0.0804. The summed E-state index contributed by atoms with van der Waals surface area (Å²) in [5.74, 6) is 6.92. The summed E-state index contributed by atoms with van der Waals surface area (Å²) in [4.78, 5) is 0. The van der Waals surface area contributed by atoms with Crippen LogP contribution in [0.1, 0.15) is 45.4 Å². The molecule has 7 unspecified atom stereocenters. The second-order valence-electron chi connectivity index (χ2n) is 10.6. The molecule has 1 heterocycles. The molecule has 1 aliphatic heterocycles. The van der Waals surface area contributed by atoms with Crippen LogP contribution in [0.15, 0.2) is 29.0 Å². The summed E-state index contributed by atoms with van der Waals surface area (Å²) in [5.41, 5.74) is 3.04. The van der Waals surface area contributed by atoms with Crippen LogP contribution in [0.4, 0.5) is 0 Å². The van der Waals surface area contributed by atoms with Crippen molar-refractivity contribution in [1.82, 2.24) is 0 Å². The summed E-state index contributed by atoms with van der Waals surface area (Å²) < 4.78 is 6.53. The van der Waals surface area contributed by atoms with Crippen LogP contribution in [0.5, 0.6) is 0 Å². The Bertz CT molecular complexity index is 783. The van der Waals surface area contributed by atoms with Crippen LogP contribution >= 0.6 is 0 Å². The van der Waals surface area contributed by atoms with Gasteiger partial charge in [0.05, 0.1) is 17.9 Å². The van der Waals surface area contributed by atoms with Gasteiger partial charge in [0.1, 0.15) is 0 Å². The van der Waals surface area contributed by atoms with E-state index in [0.717, 1.165) is 66.1 Å². The smallest absolute Gasteiger partial charge is 0.0954 e. The van der Waals surface area contributed by atoms with E-state index in [-0.39, 0.29) is 5.60 Å². The maximum absolute atomic E-state index is 9.25. The molecule has 6 aliphatic carbocycles. The number of rotatable bonds is 0. The number of ether oxygens (including phenoxy) is 1. The van der Waals surface area contributed by atoms with E-state index in [1.165, 1.54) is 32.1 Å². The number of fused-ring (bicyclic) bond motifs is 12. The Kier molecular flexibility index (Phi) is 2.57. The summed E-state index contributed by atoms with van der Waals surface area (Å²) in [6.45, 7) is 3.43. The fraction of sp³-hybridized carbons (Fsp3) is 0.783. The Morgan fingerprint density at radius 3 is 2.88 bits per heavy atom. The molecule has 1 N–H and O–H groups in total. The highest BCUT2D eigenvalue weighted by atomic mass is 16.5. The first-order valence-electron chi connectivity index (χ1n) is 10.9. The minimum Gasteiger partial charge on any atom is -0.411 e. The molecule has 0 radical (unpaired) electrons. The first kappa shape index (κ1) is 14.9. The molecule has 0 amide bonds. The molecule has 0 aromatic heterocycles. The summed E-state index contributed by atoms with van der Waals surface area (Å²) in [7, 11) is 0. The quantitative estimate of drug-likeness (QED) is 0.399. The van der Waals surface area contributed by atoms with Crippen LogP contribution in [0.3, 0.4) is 0 Å². The third kappa shape index (κ3) is 1.49. The van der Waals surface area contributed by atoms with Crippen LogP contribution in [0.25, 0.3) is 0 Å². The molecule has 0 saturated heterocycles. The van der Waals surface area contributed by atoms with Crippen LogP contribution in [0, 0.1) is 52.8 Å². The van der Waals surface area contributed by atoms with Gasteiger partial charge >= 0.3 is 0 Å². The van der Waals surface area contributed by atoms with Crippen molar-refractivity contribution in [2.24, 2.45) is 57.9 Å². The lowest BCUT2D eigenvalue weighted by Gasteiger charge is -2.57. The molecule has 3 heteroatoms. The molecule has 1 spiro atoms. The Morgan fingerprint density at radius 2 is 2.08 bits per heavy atom. The van der Waals surface area contributed by atoms with Gasteiger partial charge in [-0.25, -0.2) is 0 Å². The van der Waals surface area contributed by atoms with Crippen LogP contribution in [0.2, 0.25) is 0 Å². The summed E-state index contributed by atoms with van der Waals surface area (Å²) >= 11 is 0. The van der Waals surface area contributed by atoms with E-state index in [9.17, 15) is 5.21 Å². The van der Waals surface area contributed by atoms with E-state index in [4.69, 9.17) is 4.74 Å². The largest absolute Gasteiger partial charge is 0.411 e. The molecule has 7 rings (SSSR count). The Labute approximate surface area is 155 Å². The van der Waals surface area contributed by atoms with Gasteiger partial charge in [-0.05, 0) is 91.9 Å². The molecule has 0 aromatic carbocycles. The van der Waals surface area contributed by atoms with Crippen LogP contribution in [-0.4, -0.2) is 23.1 Å². The van der Waals surface area contributed by atoms with Crippen molar-refractivity contribution < 1.29 is 9.94 Å². The molecular formula is C23H29NO2. The molecule has 0 aromatic rings. The second kappa shape index (κ2) is 4.48. The zero-order chi connectivity index (χ0) is 17.3. The van der Waals surface area contributed by atoms with Gasteiger partial charge in [-0.2, -0.15) is 0 Å². The van der Waals surface area contributed by atoms with Crippen molar-refractivity contribution >= 4 is 5.71 Å². The van der Waals surface area contributed by atoms with Gasteiger partial charge in [-0.15, -0.1) is 0 Å². The van der Waals surface area contributed by atoms with E-state index >= 15 is 0 Å². The van der Waals surface area contributed by atoms with Gasteiger partial charge in [-0.1, -0.05) is 29.8 Å². The molecule has 5 fully saturated rings. The average molecular weight is 351 g/mol. The predicted molar refractivity (Wildman–Crippen MR) is 98.9 cm³/mol. The zero-order valence-corrected chi connectivity index (χ0v) is 15.6. The van der Waals surface area contributed by atoms with Crippen molar-refractivity contribution in [3.63, 3.8) is 0 Å². The Morgan fingerprint density at radius 1 is 1.15 bits per heavy atom. The fourth-order valence-electron chi connectivity index (χ4n) is 9.14. The number of allylic oxidation sites excluding steroid dienone is 2. The molecule has 10 atom stereocenters. The summed E-state index contributed by atoms with van der Waals surface area (Å²) in [6.07, 6.45) is 14.8. The molecule has 26 heavy (non-hydrogen) atoms. The van der Waals surface area contributed by atoms with Crippen LogP contribution in [-0.2, 0) is 4.74 Å². The van der Waals surface area contributed by atoms with Gasteiger partial charge in [0.2, 0.25) is 0 Å². The summed E-state index contributed by atoms with van der Waals surface area (Å²) in [6, 6.07) is 0. The standard InChI is InChI=1S/C23H29NO2/c1-22-7-5-14-13-4-3-12(24-25)9-15(13)16-10-17(16)20(14)21(22)18-11-19(18)23(22)6-2-8-26-23/h2,6,9,13-14,16-21,25H,3-5,7-8,10-11H2,1H3/t13-,14?,16?,17?,18?,19?,20?,21?,22+,23+/m1/s1. The highest BCUT2D eigenvalue weighted by Crippen LogP contribution is 2.80. The topological polar surface area (TPSA) is 41.8 Å². The lowest BCUT2D eigenvalue weighted by molar-refractivity contribution is -0.133. The van der Waals surface area contributed by atoms with Gasteiger partial charge < -0.3 is 9.94 Å². The maximum atomic E-state index is 9.25. The third-order valence-corrected chi connectivity index (χ3v) is 10.1. The summed E-state index contributed by atoms with van der Waals surface area (Å²) in [5, 5.41) is 12.8. The minimum atomic E-state index is 0.0804. The monoisotopic (exact) mass is 351 g/mol. The zero-order valence-electron chi connectivity index (χ0n) is 15.6. The van der Waals surface area contributed by atoms with Crippen molar-refractivity contribution in [2.75, 3.05) is 6.61 Å². The first-order chi connectivity index (χ1) is 12.7. The van der Waals surface area contributed by atoms with E-state index in [1.807, 2.05) is 0 Å². The third-order valence-electron chi connectivity index (χ3n) is 10.1. The van der Waals surface area contributed by atoms with Crippen molar-refractivity contribution in [2.45, 2.75) is 51.0 Å². The van der Waals surface area contributed by atoms with E-state index in [0.29, 0.717) is 5.41 Å². The van der Waals surface area contributed by atoms with Crippen LogP contribution < -0.4 is 0 Å². The van der Waals surface area contributed by atoms with Crippen molar-refractivity contribution in [3.05, 3.63) is 23.8 Å². The number of hydrogen-bond acceptors (Lipinski definition) is 3. The highest BCUT2D eigenvalue weighted by molar-refractivity contribution is 5.96. The predicted octanol–water partition coefficient (Wildman–Crippen LogP) is 4.43.